The number of aromatic nitrogens is 1. The van der Waals surface area contributed by atoms with Gasteiger partial charge in [-0.3, -0.25) is 0 Å². The molecule has 0 radical (unpaired) electrons. The molecule has 17 heavy (non-hydrogen) atoms. The second kappa shape index (κ2) is 5.07. The zero-order chi connectivity index (χ0) is 12.5. The Morgan fingerprint density at radius 2 is 2.00 bits per heavy atom. The van der Waals surface area contributed by atoms with Crippen LogP contribution in [0, 0.1) is 0 Å². The second-order valence-electron chi connectivity index (χ2n) is 5.33. The van der Waals surface area contributed by atoms with Crippen molar-refractivity contribution in [3.63, 3.8) is 0 Å². The van der Waals surface area contributed by atoms with E-state index >= 15 is 0 Å². The maximum Gasteiger partial charge on any atom is 0.113 e. The lowest BCUT2D eigenvalue weighted by atomic mass is 9.92. The number of hydrogen-bond acceptors (Lipinski definition) is 3. The van der Waals surface area contributed by atoms with Crippen LogP contribution in [-0.4, -0.2) is 11.0 Å². The summed E-state index contributed by atoms with van der Waals surface area (Å²) in [5.74, 6) is 0. The third-order valence-electron chi connectivity index (χ3n) is 3.78. The van der Waals surface area contributed by atoms with Gasteiger partial charge in [-0.05, 0) is 46.0 Å². The topological polar surface area (TPSA) is 24.9 Å². The van der Waals surface area contributed by atoms with Crippen LogP contribution < -0.4 is 5.32 Å². The molecule has 1 aromatic heterocycles. The van der Waals surface area contributed by atoms with Crippen molar-refractivity contribution in [2.45, 2.75) is 71.4 Å². The highest BCUT2D eigenvalue weighted by Gasteiger charge is 2.33. The van der Waals surface area contributed by atoms with Gasteiger partial charge >= 0.3 is 0 Å². The Morgan fingerprint density at radius 1 is 1.29 bits per heavy atom. The third kappa shape index (κ3) is 2.41. The Labute approximate surface area is 109 Å². The number of nitrogens with one attached hydrogen (secondary N) is 1. The molecule has 1 aliphatic carbocycles. The van der Waals surface area contributed by atoms with Gasteiger partial charge < -0.3 is 5.32 Å². The number of nitrogens with zero attached hydrogens (tertiary/aromatic N) is 1. The van der Waals surface area contributed by atoms with Gasteiger partial charge in [-0.2, -0.15) is 0 Å². The van der Waals surface area contributed by atoms with E-state index in [1.54, 1.807) is 0 Å². The lowest BCUT2D eigenvalue weighted by Gasteiger charge is -2.33. The van der Waals surface area contributed by atoms with E-state index < -0.39 is 0 Å². The van der Waals surface area contributed by atoms with E-state index in [1.807, 2.05) is 11.3 Å². The number of thiazole rings is 1. The summed E-state index contributed by atoms with van der Waals surface area (Å²) in [6.07, 6.45) is 5.98. The Balaban J connectivity index is 2.31. The minimum absolute atomic E-state index is 0.100. The molecule has 1 aromatic rings. The maximum absolute atomic E-state index is 4.91. The number of fused-ring (bicyclic) bond motifs is 1. The van der Waals surface area contributed by atoms with Crippen molar-refractivity contribution in [1.82, 2.24) is 10.3 Å². The molecule has 0 spiro atoms. The van der Waals surface area contributed by atoms with E-state index in [2.05, 4.69) is 33.0 Å². The Morgan fingerprint density at radius 3 is 2.53 bits per heavy atom. The number of hydrogen-bond donors (Lipinski definition) is 1. The first-order valence-electron chi connectivity index (χ1n) is 6.88. The van der Waals surface area contributed by atoms with Crippen LogP contribution in [0.1, 0.15) is 62.5 Å². The summed E-state index contributed by atoms with van der Waals surface area (Å²) in [4.78, 5) is 6.45. The minimum atomic E-state index is 0.100. The molecule has 3 heteroatoms. The molecule has 2 nitrogen and oxygen atoms in total. The molecule has 0 atom stereocenters. The van der Waals surface area contributed by atoms with Gasteiger partial charge in [0.25, 0.3) is 0 Å². The largest absolute Gasteiger partial charge is 0.303 e. The molecular weight excluding hydrogens is 228 g/mol. The van der Waals surface area contributed by atoms with Crippen LogP contribution in [0.15, 0.2) is 0 Å². The highest BCUT2D eigenvalue weighted by atomic mass is 32.1. The Kier molecular flexibility index (Phi) is 3.88. The predicted molar refractivity (Wildman–Crippen MR) is 74.7 cm³/mol. The van der Waals surface area contributed by atoms with Crippen LogP contribution in [0.5, 0.6) is 0 Å². The normalized spacial score (nSPS) is 15.6. The highest BCUT2D eigenvalue weighted by Crippen LogP contribution is 2.37. The van der Waals surface area contributed by atoms with Crippen molar-refractivity contribution in [3.8, 4) is 0 Å². The number of rotatable bonds is 5. The Bertz CT molecular complexity index is 356. The quantitative estimate of drug-likeness (QED) is 0.865. The van der Waals surface area contributed by atoms with Crippen LogP contribution in [-0.2, 0) is 18.4 Å². The average Bonchev–Trinajstić information content (AvgIpc) is 2.85. The van der Waals surface area contributed by atoms with Crippen LogP contribution in [0.2, 0.25) is 0 Å². The zero-order valence-electron chi connectivity index (χ0n) is 11.5. The van der Waals surface area contributed by atoms with Gasteiger partial charge in [0.15, 0.2) is 0 Å². The summed E-state index contributed by atoms with van der Waals surface area (Å²) >= 11 is 1.95. The van der Waals surface area contributed by atoms with E-state index in [1.165, 1.54) is 34.8 Å². The molecule has 0 saturated heterocycles. The van der Waals surface area contributed by atoms with Gasteiger partial charge in [-0.15, -0.1) is 11.3 Å². The first-order chi connectivity index (χ1) is 8.11. The van der Waals surface area contributed by atoms with Crippen LogP contribution in [0.3, 0.4) is 0 Å². The van der Waals surface area contributed by atoms with Crippen molar-refractivity contribution < 1.29 is 0 Å². The van der Waals surface area contributed by atoms with Crippen LogP contribution in [0.4, 0.5) is 0 Å². The fourth-order valence-corrected chi connectivity index (χ4v) is 4.21. The molecule has 0 aromatic carbocycles. The van der Waals surface area contributed by atoms with E-state index in [0.717, 1.165) is 12.8 Å². The lowest BCUT2D eigenvalue weighted by Crippen LogP contribution is -2.45. The van der Waals surface area contributed by atoms with Crippen molar-refractivity contribution in [2.75, 3.05) is 0 Å². The highest BCUT2D eigenvalue weighted by molar-refractivity contribution is 7.12. The summed E-state index contributed by atoms with van der Waals surface area (Å²) in [6.45, 7) is 8.99. The molecule has 0 amide bonds. The molecule has 0 aliphatic heterocycles. The first kappa shape index (κ1) is 13.0. The number of aryl methyl sites for hydroxylation is 2. The smallest absolute Gasteiger partial charge is 0.113 e. The standard InChI is InChI=1S/C14H24N2S/c1-5-14(6-2,16-10(3)4)13-15-11-8-7-9-12(11)17-13/h10,16H,5-9H2,1-4H3. The fourth-order valence-electron chi connectivity index (χ4n) is 2.77. The monoisotopic (exact) mass is 252 g/mol. The van der Waals surface area contributed by atoms with Crippen LogP contribution >= 0.6 is 11.3 Å². The van der Waals surface area contributed by atoms with Crippen molar-refractivity contribution in [3.05, 3.63) is 15.6 Å². The van der Waals surface area contributed by atoms with Gasteiger partial charge in [0.05, 0.1) is 11.2 Å². The van der Waals surface area contributed by atoms with Crippen LogP contribution in [0.25, 0.3) is 0 Å². The van der Waals surface area contributed by atoms with E-state index in [4.69, 9.17) is 4.98 Å². The SMILES string of the molecule is CCC(CC)(NC(C)C)c1nc2c(s1)CCC2. The summed E-state index contributed by atoms with van der Waals surface area (Å²) in [5, 5.41) is 5.07. The summed E-state index contributed by atoms with van der Waals surface area (Å²) in [5.41, 5.74) is 1.48. The molecule has 96 valence electrons. The van der Waals surface area contributed by atoms with Crippen molar-refractivity contribution in [2.24, 2.45) is 0 Å². The minimum Gasteiger partial charge on any atom is -0.303 e. The molecule has 1 aliphatic rings. The van der Waals surface area contributed by atoms with Gasteiger partial charge in [-0.1, -0.05) is 13.8 Å². The van der Waals surface area contributed by atoms with Gasteiger partial charge in [0.2, 0.25) is 0 Å². The predicted octanol–water partition coefficient (Wildman–Crippen LogP) is 3.65. The van der Waals surface area contributed by atoms with Crippen molar-refractivity contribution in [1.29, 1.82) is 0 Å². The second-order valence-corrected chi connectivity index (χ2v) is 6.41. The molecule has 1 N–H and O–H groups in total. The molecule has 0 unspecified atom stereocenters. The van der Waals surface area contributed by atoms with Gasteiger partial charge in [0.1, 0.15) is 5.01 Å². The first-order valence-corrected chi connectivity index (χ1v) is 7.69. The molecule has 1 heterocycles. The van der Waals surface area contributed by atoms with E-state index in [-0.39, 0.29) is 5.54 Å². The zero-order valence-corrected chi connectivity index (χ0v) is 12.3. The summed E-state index contributed by atoms with van der Waals surface area (Å²) in [7, 11) is 0. The summed E-state index contributed by atoms with van der Waals surface area (Å²) in [6, 6.07) is 0.508. The van der Waals surface area contributed by atoms with Crippen molar-refractivity contribution >= 4 is 11.3 Å². The molecule has 0 saturated carbocycles. The van der Waals surface area contributed by atoms with E-state index in [9.17, 15) is 0 Å². The molecule has 0 bridgehead atoms. The average molecular weight is 252 g/mol. The molecular formula is C14H24N2S. The van der Waals surface area contributed by atoms with E-state index in [0.29, 0.717) is 6.04 Å². The fraction of sp³-hybridized carbons (Fsp3) is 0.786. The lowest BCUT2D eigenvalue weighted by molar-refractivity contribution is 0.281. The van der Waals surface area contributed by atoms with Gasteiger partial charge in [-0.25, -0.2) is 4.98 Å². The summed E-state index contributed by atoms with van der Waals surface area (Å²) < 4.78 is 0. The van der Waals surface area contributed by atoms with Gasteiger partial charge in [0, 0.05) is 10.9 Å². The third-order valence-corrected chi connectivity index (χ3v) is 5.14. The maximum atomic E-state index is 4.91. The molecule has 0 fully saturated rings. The molecule has 2 rings (SSSR count). The Hall–Kier alpha value is -0.410.